The molecule has 6 heterocycles. The molecule has 9 rings (SSSR count). The third kappa shape index (κ3) is 5.50. The summed E-state index contributed by atoms with van der Waals surface area (Å²) in [4.78, 5) is 29.7. The highest BCUT2D eigenvalue weighted by Crippen LogP contribution is 2.50. The maximum absolute atomic E-state index is 14.5. The molecule has 1 amide bonds. The van der Waals surface area contributed by atoms with Crippen molar-refractivity contribution in [2.45, 2.75) is 31.3 Å². The zero-order valence-corrected chi connectivity index (χ0v) is 29.7. The summed E-state index contributed by atoms with van der Waals surface area (Å²) in [5.74, 6) is 0.551. The molecular weight excluding hydrogens is 705 g/mol. The molecule has 0 aliphatic carbocycles. The lowest BCUT2D eigenvalue weighted by Gasteiger charge is -2.37. The van der Waals surface area contributed by atoms with Crippen LogP contribution in [-0.2, 0) is 10.0 Å². The van der Waals surface area contributed by atoms with Gasteiger partial charge in [0, 0.05) is 63.9 Å². The lowest BCUT2D eigenvalue weighted by Crippen LogP contribution is -2.46. The molecule has 3 aliphatic rings. The van der Waals surface area contributed by atoms with Crippen LogP contribution < -0.4 is 10.2 Å². The van der Waals surface area contributed by atoms with Gasteiger partial charge in [0.25, 0.3) is 5.91 Å². The first-order chi connectivity index (χ1) is 24.8. The molecule has 3 aromatic heterocycles. The van der Waals surface area contributed by atoms with Gasteiger partial charge in [-0.2, -0.15) is 4.31 Å². The van der Waals surface area contributed by atoms with Crippen molar-refractivity contribution in [3.63, 3.8) is 0 Å². The van der Waals surface area contributed by atoms with Crippen molar-refractivity contribution < 1.29 is 13.2 Å². The van der Waals surface area contributed by atoms with Crippen molar-refractivity contribution in [2.24, 2.45) is 0 Å². The predicted octanol–water partition coefficient (Wildman–Crippen LogP) is 7.61. The summed E-state index contributed by atoms with van der Waals surface area (Å²) in [7, 11) is -3.18. The number of aromatic nitrogens is 4. The van der Waals surface area contributed by atoms with E-state index >= 15 is 0 Å². The Labute approximate surface area is 305 Å². The number of halogens is 2. The second-order valence-electron chi connectivity index (χ2n) is 13.3. The van der Waals surface area contributed by atoms with Crippen molar-refractivity contribution in [2.75, 3.05) is 35.6 Å². The summed E-state index contributed by atoms with van der Waals surface area (Å²) in [5.41, 5.74) is 6.90. The molecule has 2 N–H and O–H groups in total. The number of H-pyrrole nitrogens is 1. The quantitative estimate of drug-likeness (QED) is 0.182. The molecule has 0 unspecified atom stereocenters. The van der Waals surface area contributed by atoms with Gasteiger partial charge in [0.1, 0.15) is 5.69 Å². The van der Waals surface area contributed by atoms with E-state index in [1.165, 1.54) is 0 Å². The van der Waals surface area contributed by atoms with Crippen molar-refractivity contribution in [3.05, 3.63) is 118 Å². The Morgan fingerprint density at radius 2 is 1.69 bits per heavy atom. The molecule has 2 fully saturated rings. The van der Waals surface area contributed by atoms with E-state index < -0.39 is 10.0 Å². The number of carbonyl (C=O) groups excluding carboxylic acids is 1. The highest BCUT2D eigenvalue weighted by molar-refractivity contribution is 7.89. The molecule has 10 nitrogen and oxygen atoms in total. The fourth-order valence-corrected chi connectivity index (χ4v) is 10.2. The number of rotatable bonds is 6. The summed E-state index contributed by atoms with van der Waals surface area (Å²) in [5, 5.41) is 5.26. The molecule has 3 aliphatic heterocycles. The SMILES string of the molecule is O=C(Nc1cccnc1N1CCC(N2CCCS2(=O)=O)CC1)c1[nH]c2cc(Cl)cc3c2c1-c1c(-c2ccccc2)ncn1[C@@H]3c1ccc(Cl)cc1. The summed E-state index contributed by atoms with van der Waals surface area (Å²) in [6.07, 6.45) is 5.61. The first-order valence-electron chi connectivity index (χ1n) is 17.0. The Balaban J connectivity index is 1.12. The van der Waals surface area contributed by atoms with Crippen LogP contribution in [-0.4, -0.2) is 69.6 Å². The summed E-state index contributed by atoms with van der Waals surface area (Å²) >= 11 is 13.1. The normalized spacial score (nSPS) is 18.6. The average Bonchev–Trinajstić information content (AvgIpc) is 3.84. The number of piperidine rings is 1. The fourth-order valence-electron chi connectivity index (χ4n) is 8.06. The molecule has 258 valence electrons. The summed E-state index contributed by atoms with van der Waals surface area (Å²) < 4.78 is 29.0. The number of sulfonamides is 1. The van der Waals surface area contributed by atoms with Gasteiger partial charge in [-0.15, -0.1) is 0 Å². The van der Waals surface area contributed by atoms with E-state index in [9.17, 15) is 13.2 Å². The van der Waals surface area contributed by atoms with Gasteiger partial charge in [-0.3, -0.25) is 4.79 Å². The van der Waals surface area contributed by atoms with Gasteiger partial charge in [-0.25, -0.2) is 18.4 Å². The van der Waals surface area contributed by atoms with Crippen molar-refractivity contribution in [1.29, 1.82) is 0 Å². The predicted molar refractivity (Wildman–Crippen MR) is 201 cm³/mol. The van der Waals surface area contributed by atoms with E-state index in [2.05, 4.69) is 24.8 Å². The van der Waals surface area contributed by atoms with Crippen LogP contribution in [0, 0.1) is 0 Å². The van der Waals surface area contributed by atoms with Gasteiger partial charge in [-0.1, -0.05) is 65.7 Å². The van der Waals surface area contributed by atoms with Gasteiger partial charge >= 0.3 is 0 Å². The number of hydrogen-bond acceptors (Lipinski definition) is 6. The second-order valence-corrected chi connectivity index (χ2v) is 16.2. The number of aromatic amines is 1. The summed E-state index contributed by atoms with van der Waals surface area (Å²) in [6.45, 7) is 1.84. The number of nitrogens with one attached hydrogen (secondary N) is 2. The molecule has 51 heavy (non-hydrogen) atoms. The standard InChI is InChI=1S/C38H33Cl2N7O3S/c39-25-11-9-24(10-12-25)35-28-20-26(40)21-30-31(28)32(36-33(42-22-46(35)36)23-6-2-1-3-7-23)34(43-30)38(48)44-29-8-4-15-41-37(29)45-17-13-27(14-18-45)47-16-5-19-51(47,49)50/h1-4,6-12,15,20-22,27,35,43H,5,13-14,16-19H2,(H,44,48)/t35-/m1/s1. The van der Waals surface area contributed by atoms with Crippen LogP contribution in [0.1, 0.15) is 46.9 Å². The van der Waals surface area contributed by atoms with Crippen LogP contribution in [0.25, 0.3) is 33.4 Å². The van der Waals surface area contributed by atoms with Gasteiger partial charge in [-0.05, 0) is 66.8 Å². The Morgan fingerprint density at radius 3 is 2.43 bits per heavy atom. The Hall–Kier alpha value is -4.68. The maximum Gasteiger partial charge on any atom is 0.272 e. The molecule has 6 aromatic rings. The van der Waals surface area contributed by atoms with Gasteiger partial charge in [0.15, 0.2) is 5.82 Å². The molecule has 3 aromatic carbocycles. The molecule has 0 saturated carbocycles. The molecule has 0 radical (unpaired) electrons. The number of carbonyl (C=O) groups is 1. The van der Waals surface area contributed by atoms with Crippen molar-refractivity contribution in [3.8, 4) is 22.5 Å². The molecule has 2 saturated heterocycles. The lowest BCUT2D eigenvalue weighted by atomic mass is 9.88. The number of fused-ring (bicyclic) bond motifs is 2. The highest BCUT2D eigenvalue weighted by atomic mass is 35.5. The van der Waals surface area contributed by atoms with Gasteiger partial charge < -0.3 is 19.8 Å². The van der Waals surface area contributed by atoms with E-state index in [1.807, 2.05) is 79.1 Å². The van der Waals surface area contributed by atoms with Crippen molar-refractivity contribution in [1.82, 2.24) is 23.8 Å². The largest absolute Gasteiger partial charge is 0.355 e. The maximum atomic E-state index is 14.5. The number of imidazole rings is 1. The van der Waals surface area contributed by atoms with E-state index in [1.54, 1.807) is 16.6 Å². The monoisotopic (exact) mass is 737 g/mol. The van der Waals surface area contributed by atoms with Gasteiger partial charge in [0.2, 0.25) is 10.0 Å². The molecular formula is C38H33Cl2N7O3S. The smallest absolute Gasteiger partial charge is 0.272 e. The number of benzene rings is 3. The molecule has 13 heteroatoms. The summed E-state index contributed by atoms with van der Waals surface area (Å²) in [6, 6.07) is 24.9. The zero-order chi connectivity index (χ0) is 34.9. The average molecular weight is 739 g/mol. The van der Waals surface area contributed by atoms with Crippen LogP contribution in [0.15, 0.2) is 91.4 Å². The molecule has 0 spiro atoms. The Kier molecular flexibility index (Phi) is 7.92. The number of amides is 1. The Bertz CT molecular complexity index is 2420. The molecule has 0 bridgehead atoms. The lowest BCUT2D eigenvalue weighted by molar-refractivity contribution is 0.102. The van der Waals surface area contributed by atoms with Gasteiger partial charge in [0.05, 0.1) is 35.2 Å². The minimum Gasteiger partial charge on any atom is -0.355 e. The number of nitrogens with zero attached hydrogens (tertiary/aromatic N) is 5. The van der Waals surface area contributed by atoms with E-state index in [-0.39, 0.29) is 23.7 Å². The van der Waals surface area contributed by atoms with Crippen LogP contribution >= 0.6 is 23.2 Å². The van der Waals surface area contributed by atoms with Crippen LogP contribution in [0.2, 0.25) is 10.0 Å². The van der Waals surface area contributed by atoms with E-state index in [0.717, 1.165) is 44.5 Å². The molecule has 1 atom stereocenters. The van der Waals surface area contributed by atoms with Crippen LogP contribution in [0.5, 0.6) is 0 Å². The number of pyridine rings is 1. The Morgan fingerprint density at radius 1 is 0.902 bits per heavy atom. The van der Waals surface area contributed by atoms with E-state index in [4.69, 9.17) is 28.2 Å². The van der Waals surface area contributed by atoms with Crippen LogP contribution in [0.4, 0.5) is 11.5 Å². The third-order valence-electron chi connectivity index (χ3n) is 10.3. The number of anilines is 2. The minimum atomic E-state index is -3.18. The zero-order valence-electron chi connectivity index (χ0n) is 27.4. The third-order valence-corrected chi connectivity index (χ3v) is 12.8. The van der Waals surface area contributed by atoms with Crippen molar-refractivity contribution >= 4 is 61.5 Å². The fraction of sp³-hybridized carbons (Fsp3) is 0.237. The van der Waals surface area contributed by atoms with Crippen LogP contribution in [0.3, 0.4) is 0 Å². The minimum absolute atomic E-state index is 0.0173. The topological polar surface area (TPSA) is 116 Å². The van der Waals surface area contributed by atoms with E-state index in [0.29, 0.717) is 66.1 Å². The highest BCUT2D eigenvalue weighted by Gasteiger charge is 2.38. The first-order valence-corrected chi connectivity index (χ1v) is 19.4. The number of hydrogen-bond donors (Lipinski definition) is 2. The first kappa shape index (κ1) is 32.2. The second kappa shape index (κ2) is 12.5.